The van der Waals surface area contributed by atoms with E-state index in [1.165, 1.54) is 12.2 Å². The molecule has 0 N–H and O–H groups in total. The molecule has 0 fully saturated rings. The number of hydrogen-bond donors (Lipinski definition) is 0. The van der Waals surface area contributed by atoms with Gasteiger partial charge in [-0.2, -0.15) is 0 Å². The van der Waals surface area contributed by atoms with Gasteiger partial charge in [0.2, 0.25) is 0 Å². The van der Waals surface area contributed by atoms with Crippen molar-refractivity contribution in [2.45, 2.75) is 6.42 Å². The van der Waals surface area contributed by atoms with Gasteiger partial charge in [-0.3, -0.25) is 4.79 Å². The molecule has 0 amide bonds. The number of rotatable bonds is 0. The van der Waals surface area contributed by atoms with Crippen molar-refractivity contribution >= 4 is 17.7 Å². The van der Waals surface area contributed by atoms with E-state index >= 15 is 0 Å². The highest BCUT2D eigenvalue weighted by atomic mass is 16.6. The van der Waals surface area contributed by atoms with Crippen molar-refractivity contribution in [1.82, 2.24) is 0 Å². The summed E-state index contributed by atoms with van der Waals surface area (Å²) in [6, 6.07) is 0. The number of allylic oxidation sites excluding steroid dienone is 1. The van der Waals surface area contributed by atoms with Crippen molar-refractivity contribution in [2.75, 3.05) is 0 Å². The Bertz CT molecular complexity index is 359. The predicted octanol–water partition coefficient (Wildman–Crippen LogP) is -0.105. The largest absolute Gasteiger partial charge is 0.386 e. The Kier molecular flexibility index (Phi) is 1.24. The fourth-order valence-electron chi connectivity index (χ4n) is 1.18. The van der Waals surface area contributed by atoms with Crippen LogP contribution in [0.3, 0.4) is 0 Å². The average Bonchev–Trinajstić information content (AvgIpc) is 2.28. The Morgan fingerprint density at radius 2 is 1.83 bits per heavy atom. The van der Waals surface area contributed by atoms with Crippen molar-refractivity contribution in [3.05, 3.63) is 23.3 Å². The van der Waals surface area contributed by atoms with E-state index < -0.39 is 11.9 Å². The first-order chi connectivity index (χ1) is 5.68. The molecular weight excluding hydrogens is 160 g/mol. The van der Waals surface area contributed by atoms with E-state index in [2.05, 4.69) is 4.74 Å². The van der Waals surface area contributed by atoms with Gasteiger partial charge >= 0.3 is 11.9 Å². The summed E-state index contributed by atoms with van der Waals surface area (Å²) in [5.74, 6) is -1.52. The fourth-order valence-corrected chi connectivity index (χ4v) is 1.18. The van der Waals surface area contributed by atoms with Crippen LogP contribution in [-0.2, 0) is 19.1 Å². The number of ketones is 1. The predicted molar refractivity (Wildman–Crippen MR) is 36.9 cm³/mol. The minimum Gasteiger partial charge on any atom is -0.386 e. The van der Waals surface area contributed by atoms with E-state index in [-0.39, 0.29) is 23.4 Å². The molecule has 0 aromatic rings. The molecular formula is C8H4O4. The molecule has 60 valence electrons. The third-order valence-electron chi connectivity index (χ3n) is 1.76. The first-order valence-electron chi connectivity index (χ1n) is 3.39. The van der Waals surface area contributed by atoms with Crippen molar-refractivity contribution in [3.8, 4) is 0 Å². The third kappa shape index (κ3) is 0.812. The van der Waals surface area contributed by atoms with Crippen molar-refractivity contribution in [1.29, 1.82) is 0 Å². The van der Waals surface area contributed by atoms with Crippen LogP contribution in [0.2, 0.25) is 0 Å². The summed E-state index contributed by atoms with van der Waals surface area (Å²) in [5.41, 5.74) is 0.409. The lowest BCUT2D eigenvalue weighted by Gasteiger charge is -1.99. The molecule has 0 saturated carbocycles. The minimum absolute atomic E-state index is 0.0175. The second-order valence-electron chi connectivity index (χ2n) is 2.55. The summed E-state index contributed by atoms with van der Waals surface area (Å²) in [6.45, 7) is 0. The van der Waals surface area contributed by atoms with Crippen molar-refractivity contribution < 1.29 is 19.1 Å². The van der Waals surface area contributed by atoms with Crippen LogP contribution in [0.25, 0.3) is 0 Å². The summed E-state index contributed by atoms with van der Waals surface area (Å²) < 4.78 is 4.30. The van der Waals surface area contributed by atoms with Crippen LogP contribution in [0.5, 0.6) is 0 Å². The van der Waals surface area contributed by atoms with Gasteiger partial charge in [0.25, 0.3) is 0 Å². The zero-order valence-electron chi connectivity index (χ0n) is 5.99. The van der Waals surface area contributed by atoms with Crippen LogP contribution in [-0.4, -0.2) is 17.7 Å². The molecule has 0 atom stereocenters. The van der Waals surface area contributed by atoms with Crippen LogP contribution < -0.4 is 0 Å². The number of carbonyl (C=O) groups excluding carboxylic acids is 3. The molecule has 4 heteroatoms. The molecule has 0 radical (unpaired) electrons. The number of cyclic esters (lactones) is 2. The van der Waals surface area contributed by atoms with Gasteiger partial charge in [-0.05, 0) is 12.2 Å². The van der Waals surface area contributed by atoms with Gasteiger partial charge in [0, 0.05) is 6.42 Å². The lowest BCUT2D eigenvalue weighted by Crippen LogP contribution is -2.06. The molecule has 1 aliphatic heterocycles. The van der Waals surface area contributed by atoms with Gasteiger partial charge in [0.15, 0.2) is 5.78 Å². The summed E-state index contributed by atoms with van der Waals surface area (Å²) in [6.07, 6.45) is 2.59. The zero-order valence-corrected chi connectivity index (χ0v) is 5.99. The third-order valence-corrected chi connectivity index (χ3v) is 1.76. The second kappa shape index (κ2) is 2.14. The van der Waals surface area contributed by atoms with Gasteiger partial charge < -0.3 is 4.74 Å². The van der Waals surface area contributed by atoms with Crippen LogP contribution in [0.1, 0.15) is 6.42 Å². The Labute approximate surface area is 67.5 Å². The molecule has 0 unspecified atom stereocenters. The van der Waals surface area contributed by atoms with E-state index in [1.807, 2.05) is 0 Å². The topological polar surface area (TPSA) is 60.4 Å². The average molecular weight is 164 g/mol. The van der Waals surface area contributed by atoms with Crippen molar-refractivity contribution in [3.63, 3.8) is 0 Å². The van der Waals surface area contributed by atoms with Gasteiger partial charge in [0.1, 0.15) is 0 Å². The lowest BCUT2D eigenvalue weighted by molar-refractivity contribution is -0.151. The molecule has 0 aromatic heterocycles. The van der Waals surface area contributed by atoms with E-state index in [0.29, 0.717) is 0 Å². The highest BCUT2D eigenvalue weighted by molar-refractivity contribution is 6.18. The van der Waals surface area contributed by atoms with Crippen LogP contribution in [0.15, 0.2) is 23.3 Å². The fraction of sp³-hybridized carbons (Fsp3) is 0.125. The molecule has 2 rings (SSSR count). The molecule has 0 bridgehead atoms. The van der Waals surface area contributed by atoms with Crippen LogP contribution >= 0.6 is 0 Å². The number of hydrogen-bond acceptors (Lipinski definition) is 4. The Hall–Kier alpha value is -1.71. The quantitative estimate of drug-likeness (QED) is 0.370. The molecule has 1 aliphatic carbocycles. The monoisotopic (exact) mass is 164 g/mol. The Morgan fingerprint density at radius 3 is 2.58 bits per heavy atom. The van der Waals surface area contributed by atoms with E-state index in [9.17, 15) is 14.4 Å². The summed E-state index contributed by atoms with van der Waals surface area (Å²) in [5, 5.41) is 0. The second-order valence-corrected chi connectivity index (χ2v) is 2.55. The molecule has 0 spiro atoms. The Morgan fingerprint density at radius 1 is 1.08 bits per heavy atom. The molecule has 12 heavy (non-hydrogen) atoms. The maximum absolute atomic E-state index is 10.9. The minimum atomic E-state index is -0.687. The first kappa shape index (κ1) is 6.97. The summed E-state index contributed by atoms with van der Waals surface area (Å²) in [7, 11) is 0. The summed E-state index contributed by atoms with van der Waals surface area (Å²) in [4.78, 5) is 32.6. The van der Waals surface area contributed by atoms with Gasteiger partial charge in [-0.15, -0.1) is 0 Å². The lowest BCUT2D eigenvalue weighted by atomic mass is 9.99. The van der Waals surface area contributed by atoms with E-state index in [1.54, 1.807) is 0 Å². The maximum atomic E-state index is 10.9. The molecule has 0 aromatic carbocycles. The molecule has 2 aliphatic rings. The first-order valence-corrected chi connectivity index (χ1v) is 3.39. The maximum Gasteiger partial charge on any atom is 0.346 e. The van der Waals surface area contributed by atoms with Crippen molar-refractivity contribution in [2.24, 2.45) is 0 Å². The molecule has 4 nitrogen and oxygen atoms in total. The van der Waals surface area contributed by atoms with E-state index in [0.717, 1.165) is 0 Å². The number of carbonyl (C=O) groups is 3. The van der Waals surface area contributed by atoms with Gasteiger partial charge in [-0.1, -0.05) is 0 Å². The zero-order chi connectivity index (χ0) is 8.72. The van der Waals surface area contributed by atoms with Crippen LogP contribution in [0.4, 0.5) is 0 Å². The standard InChI is InChI=1S/C8H4O4/c9-4-1-2-5-6(3-4)8(11)12-7(5)10/h1-2H,3H2. The van der Waals surface area contributed by atoms with Gasteiger partial charge in [0.05, 0.1) is 11.1 Å². The normalized spacial score (nSPS) is 21.5. The summed E-state index contributed by atoms with van der Waals surface area (Å²) >= 11 is 0. The SMILES string of the molecule is O=C1C=CC2=C(C1)C(=O)OC2=O. The van der Waals surface area contributed by atoms with Crippen LogP contribution in [0, 0.1) is 0 Å². The molecule has 0 saturated heterocycles. The Balaban J connectivity index is 2.49. The van der Waals surface area contributed by atoms with E-state index in [4.69, 9.17) is 0 Å². The molecule has 1 heterocycles. The van der Waals surface area contributed by atoms with Gasteiger partial charge in [-0.25, -0.2) is 9.59 Å². The highest BCUT2D eigenvalue weighted by Gasteiger charge is 2.34. The number of esters is 2. The number of ether oxygens (including phenoxy) is 1. The highest BCUT2D eigenvalue weighted by Crippen LogP contribution is 2.24. The smallest absolute Gasteiger partial charge is 0.346 e.